The molecule has 0 fully saturated rings. The topological polar surface area (TPSA) is 43.4 Å². The van der Waals surface area contributed by atoms with Gasteiger partial charge >= 0.3 is 0 Å². The zero-order valence-corrected chi connectivity index (χ0v) is 8.50. The van der Waals surface area contributed by atoms with E-state index < -0.39 is 0 Å². The molecule has 16 heavy (non-hydrogen) atoms. The van der Waals surface area contributed by atoms with E-state index in [9.17, 15) is 4.79 Å². The molecule has 2 aromatic heterocycles. The second-order valence-electron chi connectivity index (χ2n) is 3.10. The van der Waals surface area contributed by atoms with Crippen LogP contribution in [0.4, 0.5) is 0 Å². The maximum atomic E-state index is 11.4. The first-order chi connectivity index (χ1) is 7.84. The number of rotatable bonds is 4. The predicted molar refractivity (Wildman–Crippen MR) is 60.5 cm³/mol. The van der Waals surface area contributed by atoms with E-state index in [0.717, 1.165) is 0 Å². The molecule has 3 nitrogen and oxygen atoms in total. The van der Waals surface area contributed by atoms with E-state index in [2.05, 4.69) is 0 Å². The number of carbonyl (C=O) groups excluding carboxylic acids is 1. The van der Waals surface area contributed by atoms with Gasteiger partial charge in [-0.3, -0.25) is 4.79 Å². The van der Waals surface area contributed by atoms with Crippen LogP contribution < -0.4 is 0 Å². The van der Waals surface area contributed by atoms with Crippen LogP contribution in [0.2, 0.25) is 0 Å². The molecule has 0 amide bonds. The van der Waals surface area contributed by atoms with Gasteiger partial charge in [0.1, 0.15) is 11.5 Å². The van der Waals surface area contributed by atoms with E-state index in [1.807, 2.05) is 0 Å². The van der Waals surface area contributed by atoms with E-state index in [4.69, 9.17) is 8.83 Å². The van der Waals surface area contributed by atoms with Crippen molar-refractivity contribution in [3.8, 4) is 0 Å². The molecule has 0 unspecified atom stereocenters. The summed E-state index contributed by atoms with van der Waals surface area (Å²) in [5.41, 5.74) is 0. The highest BCUT2D eigenvalue weighted by atomic mass is 16.3. The van der Waals surface area contributed by atoms with Crippen LogP contribution in [0.5, 0.6) is 0 Å². The minimum atomic E-state index is -0.118. The highest BCUT2D eigenvalue weighted by Crippen LogP contribution is 2.04. The fourth-order valence-corrected chi connectivity index (χ4v) is 1.16. The second kappa shape index (κ2) is 4.98. The van der Waals surface area contributed by atoms with Crippen LogP contribution in [0.1, 0.15) is 11.5 Å². The third-order valence-electron chi connectivity index (χ3n) is 1.91. The zero-order chi connectivity index (χ0) is 11.2. The van der Waals surface area contributed by atoms with Crippen molar-refractivity contribution in [2.45, 2.75) is 0 Å². The van der Waals surface area contributed by atoms with Crippen LogP contribution >= 0.6 is 0 Å². The Balaban J connectivity index is 1.94. The van der Waals surface area contributed by atoms with Gasteiger partial charge < -0.3 is 8.83 Å². The van der Waals surface area contributed by atoms with Gasteiger partial charge in [-0.2, -0.15) is 0 Å². The first kappa shape index (κ1) is 10.2. The summed E-state index contributed by atoms with van der Waals surface area (Å²) >= 11 is 0. The molecule has 0 bridgehead atoms. The molecular formula is C13H10O3. The van der Waals surface area contributed by atoms with Crippen molar-refractivity contribution in [2.24, 2.45) is 0 Å². The quantitative estimate of drug-likeness (QED) is 0.734. The minimum absolute atomic E-state index is 0.118. The lowest BCUT2D eigenvalue weighted by molar-refractivity contribution is -0.110. The molecule has 3 heteroatoms. The van der Waals surface area contributed by atoms with Crippen LogP contribution in [0.15, 0.2) is 57.8 Å². The van der Waals surface area contributed by atoms with Crippen molar-refractivity contribution in [1.82, 2.24) is 0 Å². The van der Waals surface area contributed by atoms with Crippen LogP contribution in [0.25, 0.3) is 12.2 Å². The fraction of sp³-hybridized carbons (Fsp3) is 0. The first-order valence-electron chi connectivity index (χ1n) is 4.82. The first-order valence-corrected chi connectivity index (χ1v) is 4.82. The molecule has 0 aliphatic rings. The van der Waals surface area contributed by atoms with E-state index in [0.29, 0.717) is 11.5 Å². The second-order valence-corrected chi connectivity index (χ2v) is 3.10. The summed E-state index contributed by atoms with van der Waals surface area (Å²) in [6, 6.07) is 7.09. The molecule has 0 atom stereocenters. The number of ketones is 1. The lowest BCUT2D eigenvalue weighted by Crippen LogP contribution is -1.83. The van der Waals surface area contributed by atoms with Gasteiger partial charge in [0.25, 0.3) is 0 Å². The van der Waals surface area contributed by atoms with Crippen molar-refractivity contribution < 1.29 is 13.6 Å². The van der Waals surface area contributed by atoms with Crippen molar-refractivity contribution in [2.75, 3.05) is 0 Å². The Morgan fingerprint density at radius 2 is 1.44 bits per heavy atom. The number of allylic oxidation sites excluding steroid dienone is 2. The average Bonchev–Trinajstić information content (AvgIpc) is 2.96. The molecule has 2 rings (SSSR count). The van der Waals surface area contributed by atoms with Crippen LogP contribution in [-0.4, -0.2) is 5.78 Å². The van der Waals surface area contributed by atoms with Crippen molar-refractivity contribution in [3.63, 3.8) is 0 Å². The molecule has 0 N–H and O–H groups in total. The Kier molecular flexibility index (Phi) is 3.18. The van der Waals surface area contributed by atoms with Gasteiger partial charge in [0, 0.05) is 0 Å². The Hall–Kier alpha value is -2.29. The van der Waals surface area contributed by atoms with Crippen molar-refractivity contribution in [3.05, 3.63) is 60.5 Å². The monoisotopic (exact) mass is 214 g/mol. The number of furan rings is 2. The largest absolute Gasteiger partial charge is 0.465 e. The SMILES string of the molecule is O=C(/C=C\c1ccco1)/C=C/c1ccco1. The molecule has 0 saturated carbocycles. The maximum absolute atomic E-state index is 11.4. The van der Waals surface area contributed by atoms with Gasteiger partial charge in [0.05, 0.1) is 12.5 Å². The number of carbonyl (C=O) groups is 1. The fourth-order valence-electron chi connectivity index (χ4n) is 1.16. The van der Waals surface area contributed by atoms with Gasteiger partial charge in [-0.15, -0.1) is 0 Å². The normalized spacial score (nSPS) is 11.5. The summed E-state index contributed by atoms with van der Waals surface area (Å²) in [6.45, 7) is 0. The van der Waals surface area contributed by atoms with E-state index in [1.165, 1.54) is 12.2 Å². The van der Waals surface area contributed by atoms with Gasteiger partial charge in [-0.05, 0) is 48.6 Å². The Morgan fingerprint density at radius 3 is 1.81 bits per heavy atom. The van der Waals surface area contributed by atoms with Crippen LogP contribution in [-0.2, 0) is 4.79 Å². The van der Waals surface area contributed by atoms with Crippen LogP contribution in [0, 0.1) is 0 Å². The Labute approximate surface area is 92.7 Å². The summed E-state index contributed by atoms with van der Waals surface area (Å²) in [4.78, 5) is 11.4. The van der Waals surface area contributed by atoms with E-state index >= 15 is 0 Å². The van der Waals surface area contributed by atoms with Gasteiger partial charge in [-0.1, -0.05) is 0 Å². The zero-order valence-electron chi connectivity index (χ0n) is 8.50. The maximum Gasteiger partial charge on any atom is 0.178 e. The third kappa shape index (κ3) is 2.85. The highest BCUT2D eigenvalue weighted by molar-refractivity contribution is 6.04. The summed E-state index contributed by atoms with van der Waals surface area (Å²) in [6.07, 6.45) is 9.24. The smallest absolute Gasteiger partial charge is 0.178 e. The molecule has 0 aliphatic carbocycles. The molecule has 0 aliphatic heterocycles. The van der Waals surface area contributed by atoms with Crippen molar-refractivity contribution in [1.29, 1.82) is 0 Å². The van der Waals surface area contributed by atoms with Gasteiger partial charge in [0.2, 0.25) is 0 Å². The summed E-state index contributed by atoms with van der Waals surface area (Å²) in [7, 11) is 0. The van der Waals surface area contributed by atoms with Gasteiger partial charge in [-0.25, -0.2) is 0 Å². The Morgan fingerprint density at radius 1 is 0.938 bits per heavy atom. The summed E-state index contributed by atoms with van der Waals surface area (Å²) in [5, 5.41) is 0. The van der Waals surface area contributed by atoms with Crippen LogP contribution in [0.3, 0.4) is 0 Å². The highest BCUT2D eigenvalue weighted by Gasteiger charge is 1.93. The summed E-state index contributed by atoms with van der Waals surface area (Å²) in [5.74, 6) is 1.19. The standard InChI is InChI=1S/C13H10O3/c14-11(5-7-12-3-1-9-15-12)6-8-13-4-2-10-16-13/h1-10H/b7-5-,8-6+. The average molecular weight is 214 g/mol. The van der Waals surface area contributed by atoms with E-state index in [1.54, 1.807) is 48.9 Å². The van der Waals surface area contributed by atoms with Gasteiger partial charge in [0.15, 0.2) is 5.78 Å². The lowest BCUT2D eigenvalue weighted by atomic mass is 10.3. The molecule has 0 spiro atoms. The minimum Gasteiger partial charge on any atom is -0.465 e. The molecule has 0 saturated heterocycles. The molecule has 2 aromatic rings. The molecule has 0 radical (unpaired) electrons. The Bertz CT molecular complexity index is 441. The molecule has 2 heterocycles. The van der Waals surface area contributed by atoms with Crippen molar-refractivity contribution >= 4 is 17.9 Å². The number of hydrogen-bond acceptors (Lipinski definition) is 3. The number of hydrogen-bond donors (Lipinski definition) is 0. The predicted octanol–water partition coefficient (Wildman–Crippen LogP) is 3.17. The molecule has 0 aromatic carbocycles. The molecular weight excluding hydrogens is 204 g/mol. The lowest BCUT2D eigenvalue weighted by Gasteiger charge is -1.84. The molecule has 80 valence electrons. The van der Waals surface area contributed by atoms with E-state index in [-0.39, 0.29) is 5.78 Å². The third-order valence-corrected chi connectivity index (χ3v) is 1.91. The summed E-state index contributed by atoms with van der Waals surface area (Å²) < 4.78 is 10.1.